The van der Waals surface area contributed by atoms with Crippen molar-refractivity contribution in [1.82, 2.24) is 10.3 Å². The molecule has 11 heteroatoms. The van der Waals surface area contributed by atoms with Gasteiger partial charge in [-0.05, 0) is 18.2 Å². The van der Waals surface area contributed by atoms with Crippen LogP contribution in [-0.2, 0) is 14.6 Å². The Kier molecular flexibility index (Phi) is 4.90. The lowest BCUT2D eigenvalue weighted by molar-refractivity contribution is 0.0786. The first-order valence-corrected chi connectivity index (χ1v) is 9.70. The molecule has 3 rings (SSSR count). The van der Waals surface area contributed by atoms with Crippen LogP contribution in [0.25, 0.3) is 0 Å². The van der Waals surface area contributed by atoms with Crippen LogP contribution >= 0.6 is 11.3 Å². The SMILES string of the molecule is NC(=O)c1cc(S(=O)(=O)C2CNCCO2)sc1NC(=O)c1ccc[nH]1. The van der Waals surface area contributed by atoms with Crippen molar-refractivity contribution in [2.75, 3.05) is 25.0 Å². The minimum absolute atomic E-state index is 0.0627. The van der Waals surface area contributed by atoms with E-state index in [0.717, 1.165) is 11.3 Å². The first-order valence-electron chi connectivity index (χ1n) is 7.34. The molecule has 0 saturated carbocycles. The van der Waals surface area contributed by atoms with E-state index in [-0.39, 0.29) is 33.6 Å². The van der Waals surface area contributed by atoms with Gasteiger partial charge in [-0.2, -0.15) is 0 Å². The van der Waals surface area contributed by atoms with Gasteiger partial charge in [-0.25, -0.2) is 8.42 Å². The molecule has 9 nitrogen and oxygen atoms in total. The Morgan fingerprint density at radius 3 is 2.80 bits per heavy atom. The van der Waals surface area contributed by atoms with Crippen LogP contribution in [0.1, 0.15) is 20.8 Å². The summed E-state index contributed by atoms with van der Waals surface area (Å²) in [5.41, 5.74) is 4.47. The number of ether oxygens (including phenoxy) is 1. The molecule has 0 spiro atoms. The fraction of sp³-hybridized carbons (Fsp3) is 0.286. The first kappa shape index (κ1) is 17.6. The second-order valence-corrected chi connectivity index (χ2v) is 8.63. The van der Waals surface area contributed by atoms with Crippen molar-refractivity contribution < 1.29 is 22.7 Å². The van der Waals surface area contributed by atoms with Gasteiger partial charge in [0.15, 0.2) is 5.44 Å². The van der Waals surface area contributed by atoms with Gasteiger partial charge in [-0.15, -0.1) is 11.3 Å². The third-order valence-electron chi connectivity index (χ3n) is 3.56. The van der Waals surface area contributed by atoms with Crippen LogP contribution in [0.2, 0.25) is 0 Å². The molecule has 1 aliphatic heterocycles. The highest BCUT2D eigenvalue weighted by molar-refractivity contribution is 7.94. The molecule has 0 aliphatic carbocycles. The first-order chi connectivity index (χ1) is 11.9. The number of hydrogen-bond donors (Lipinski definition) is 4. The number of morpholine rings is 1. The van der Waals surface area contributed by atoms with Gasteiger partial charge in [0.25, 0.3) is 11.8 Å². The van der Waals surface area contributed by atoms with Crippen molar-refractivity contribution in [3.63, 3.8) is 0 Å². The third kappa shape index (κ3) is 3.58. The predicted octanol–water partition coefficient (Wildman–Crippen LogP) is 0.147. The van der Waals surface area contributed by atoms with Crippen LogP contribution in [0.3, 0.4) is 0 Å². The van der Waals surface area contributed by atoms with Gasteiger partial charge in [0.2, 0.25) is 9.84 Å². The Labute approximate surface area is 147 Å². The summed E-state index contributed by atoms with van der Waals surface area (Å²) in [5, 5.41) is 5.54. The van der Waals surface area contributed by atoms with Gasteiger partial charge in [0.1, 0.15) is 14.9 Å². The van der Waals surface area contributed by atoms with E-state index in [1.54, 1.807) is 18.3 Å². The van der Waals surface area contributed by atoms with Crippen molar-refractivity contribution in [2.45, 2.75) is 9.65 Å². The molecule has 5 N–H and O–H groups in total. The molecule has 1 saturated heterocycles. The van der Waals surface area contributed by atoms with Crippen LogP contribution in [0.15, 0.2) is 28.6 Å². The molecule has 1 aliphatic rings. The lowest BCUT2D eigenvalue weighted by Crippen LogP contribution is -2.42. The van der Waals surface area contributed by atoms with E-state index < -0.39 is 27.1 Å². The molecule has 3 heterocycles. The maximum Gasteiger partial charge on any atom is 0.272 e. The summed E-state index contributed by atoms with van der Waals surface area (Å²) in [7, 11) is -3.82. The van der Waals surface area contributed by atoms with Gasteiger partial charge in [-0.1, -0.05) is 0 Å². The Morgan fingerprint density at radius 2 is 2.20 bits per heavy atom. The zero-order chi connectivity index (χ0) is 18.0. The van der Waals surface area contributed by atoms with Crippen LogP contribution in [0, 0.1) is 0 Å². The van der Waals surface area contributed by atoms with E-state index in [1.807, 2.05) is 0 Å². The Bertz CT molecular complexity index is 882. The number of thiophene rings is 1. The van der Waals surface area contributed by atoms with Gasteiger partial charge >= 0.3 is 0 Å². The number of hydrogen-bond acceptors (Lipinski definition) is 7. The molecule has 0 radical (unpaired) electrons. The summed E-state index contributed by atoms with van der Waals surface area (Å²) in [4.78, 5) is 26.5. The Hall–Kier alpha value is -2.21. The Balaban J connectivity index is 1.91. The smallest absolute Gasteiger partial charge is 0.272 e. The molecule has 2 aromatic rings. The summed E-state index contributed by atoms with van der Waals surface area (Å²) in [6, 6.07) is 4.36. The average molecular weight is 384 g/mol. The molecule has 1 fully saturated rings. The van der Waals surface area contributed by atoms with Crippen molar-refractivity contribution in [3.05, 3.63) is 35.7 Å². The van der Waals surface area contributed by atoms with Crippen molar-refractivity contribution in [2.24, 2.45) is 5.73 Å². The number of H-pyrrole nitrogens is 1. The van der Waals surface area contributed by atoms with Crippen molar-refractivity contribution >= 4 is 38.0 Å². The number of carbonyl (C=O) groups is 2. The fourth-order valence-electron chi connectivity index (χ4n) is 2.30. The van der Waals surface area contributed by atoms with Crippen molar-refractivity contribution in [1.29, 1.82) is 0 Å². The van der Waals surface area contributed by atoms with Gasteiger partial charge in [-0.3, -0.25) is 9.59 Å². The highest BCUT2D eigenvalue weighted by atomic mass is 32.2. The molecule has 2 aromatic heterocycles. The molecule has 1 unspecified atom stereocenters. The van der Waals surface area contributed by atoms with E-state index in [4.69, 9.17) is 10.5 Å². The topological polar surface area (TPSA) is 143 Å². The number of anilines is 1. The standard InChI is InChI=1S/C14H16N4O5S2/c15-12(19)8-6-11(25(21,22)10-7-16-4-5-23-10)24-14(8)18-13(20)9-2-1-3-17-9/h1-3,6,10,16-17H,4-5,7H2,(H2,15,19)(H,18,20). The second kappa shape index (κ2) is 6.96. The fourth-order valence-corrected chi connectivity index (χ4v) is 5.28. The van der Waals surface area contributed by atoms with E-state index in [0.29, 0.717) is 6.54 Å². The summed E-state index contributed by atoms with van der Waals surface area (Å²) >= 11 is 0.772. The van der Waals surface area contributed by atoms with E-state index in [9.17, 15) is 18.0 Å². The van der Waals surface area contributed by atoms with Gasteiger partial charge in [0.05, 0.1) is 12.2 Å². The lowest BCUT2D eigenvalue weighted by atomic mass is 10.3. The largest absolute Gasteiger partial charge is 0.366 e. The average Bonchev–Trinajstić information content (AvgIpc) is 3.25. The lowest BCUT2D eigenvalue weighted by Gasteiger charge is -2.22. The van der Waals surface area contributed by atoms with Crippen LogP contribution < -0.4 is 16.4 Å². The van der Waals surface area contributed by atoms with Crippen LogP contribution in [0.4, 0.5) is 5.00 Å². The number of primary amides is 1. The highest BCUT2D eigenvalue weighted by Gasteiger charge is 2.33. The molecular weight excluding hydrogens is 368 g/mol. The van der Waals surface area contributed by atoms with Crippen molar-refractivity contribution in [3.8, 4) is 0 Å². The predicted molar refractivity (Wildman–Crippen MR) is 91.4 cm³/mol. The minimum Gasteiger partial charge on any atom is -0.366 e. The number of rotatable bonds is 5. The molecule has 2 amide bonds. The number of aromatic amines is 1. The summed E-state index contributed by atoms with van der Waals surface area (Å²) in [6.45, 7) is 0.991. The summed E-state index contributed by atoms with van der Waals surface area (Å²) in [5.74, 6) is -1.34. The number of nitrogens with one attached hydrogen (secondary N) is 3. The molecular formula is C14H16N4O5S2. The van der Waals surface area contributed by atoms with E-state index in [2.05, 4.69) is 15.6 Å². The second-order valence-electron chi connectivity index (χ2n) is 5.26. The highest BCUT2D eigenvalue weighted by Crippen LogP contribution is 2.34. The molecule has 1 atom stereocenters. The maximum absolute atomic E-state index is 12.7. The molecule has 134 valence electrons. The molecule has 0 aromatic carbocycles. The zero-order valence-electron chi connectivity index (χ0n) is 12.9. The maximum atomic E-state index is 12.7. The number of sulfone groups is 1. The Morgan fingerprint density at radius 1 is 1.40 bits per heavy atom. The number of nitrogens with two attached hydrogens (primary N) is 1. The molecule has 25 heavy (non-hydrogen) atoms. The van der Waals surface area contributed by atoms with Gasteiger partial charge in [0, 0.05) is 19.3 Å². The monoisotopic (exact) mass is 384 g/mol. The number of aromatic nitrogens is 1. The normalized spacial score (nSPS) is 18.0. The zero-order valence-corrected chi connectivity index (χ0v) is 14.6. The molecule has 0 bridgehead atoms. The number of carbonyl (C=O) groups excluding carboxylic acids is 2. The quantitative estimate of drug-likeness (QED) is 0.578. The van der Waals surface area contributed by atoms with E-state index in [1.165, 1.54) is 6.07 Å². The third-order valence-corrected chi connectivity index (χ3v) is 7.03. The minimum atomic E-state index is -3.82. The summed E-state index contributed by atoms with van der Waals surface area (Å²) in [6.07, 6.45) is 1.57. The van der Waals surface area contributed by atoms with Gasteiger partial charge < -0.3 is 26.1 Å². The van der Waals surface area contributed by atoms with Crippen LogP contribution in [0.5, 0.6) is 0 Å². The van der Waals surface area contributed by atoms with Crippen LogP contribution in [-0.4, -0.2) is 50.3 Å². The van der Waals surface area contributed by atoms with E-state index >= 15 is 0 Å². The summed E-state index contributed by atoms with van der Waals surface area (Å²) < 4.78 is 30.5. The number of amides is 2.